The van der Waals surface area contributed by atoms with Gasteiger partial charge in [0.25, 0.3) is 5.56 Å². The first-order valence-corrected chi connectivity index (χ1v) is 13.5. The molecule has 208 valence electrons. The van der Waals surface area contributed by atoms with Crippen molar-refractivity contribution in [2.24, 2.45) is 18.2 Å². The third-order valence-corrected chi connectivity index (χ3v) is 8.41. The lowest BCUT2D eigenvalue weighted by Crippen LogP contribution is -2.52. The minimum Gasteiger partial charge on any atom is -0.324 e. The van der Waals surface area contributed by atoms with Crippen LogP contribution in [0.25, 0.3) is 0 Å². The summed E-state index contributed by atoms with van der Waals surface area (Å²) < 4.78 is 32.6. The van der Waals surface area contributed by atoms with Gasteiger partial charge in [0.2, 0.25) is 5.91 Å². The molecule has 1 aliphatic rings. The Balaban J connectivity index is 1.92. The summed E-state index contributed by atoms with van der Waals surface area (Å²) in [7, 11) is 1.59. The number of nitrogens with zero attached hydrogens (tertiary/aromatic N) is 1. The molecule has 1 saturated heterocycles. The number of carbonyl (C=O) groups is 1. The third kappa shape index (κ3) is 5.61. The number of nitrogens with one attached hydrogen (secondary N) is 2. The molecular formula is C29H32Cl2F2N4O2. The summed E-state index contributed by atoms with van der Waals surface area (Å²) in [6, 6.07) is 9.77. The number of anilines is 1. The molecule has 0 aliphatic carbocycles. The monoisotopic (exact) mass is 576 g/mol. The van der Waals surface area contributed by atoms with Crippen LogP contribution in [0, 0.1) is 17.0 Å². The van der Waals surface area contributed by atoms with Gasteiger partial charge in [0, 0.05) is 47.5 Å². The van der Waals surface area contributed by atoms with E-state index in [2.05, 4.69) is 24.5 Å². The molecule has 3 aromatic rings. The Bertz CT molecular complexity index is 1460. The summed E-state index contributed by atoms with van der Waals surface area (Å²) in [5, 5.41) is 6.12. The summed E-state index contributed by atoms with van der Waals surface area (Å²) in [5.41, 5.74) is 5.51. The van der Waals surface area contributed by atoms with Crippen LogP contribution in [0.5, 0.6) is 0 Å². The fraction of sp³-hybridized carbons (Fsp3) is 0.379. The second-order valence-electron chi connectivity index (χ2n) is 11.0. The molecule has 1 amide bonds. The number of amides is 1. The van der Waals surface area contributed by atoms with E-state index in [4.69, 9.17) is 28.9 Å². The number of aromatic nitrogens is 1. The van der Waals surface area contributed by atoms with E-state index < -0.39 is 41.1 Å². The van der Waals surface area contributed by atoms with Crippen molar-refractivity contribution < 1.29 is 13.6 Å². The quantitative estimate of drug-likeness (QED) is 0.336. The van der Waals surface area contributed by atoms with Gasteiger partial charge in [-0.05, 0) is 41.7 Å². The van der Waals surface area contributed by atoms with Crippen LogP contribution in [0.1, 0.15) is 50.7 Å². The number of hydrogen-bond donors (Lipinski definition) is 3. The Morgan fingerprint density at radius 1 is 1.18 bits per heavy atom. The maximum absolute atomic E-state index is 15.7. The third-order valence-electron chi connectivity index (χ3n) is 7.89. The molecule has 2 aromatic carbocycles. The van der Waals surface area contributed by atoms with Crippen molar-refractivity contribution >= 4 is 34.8 Å². The van der Waals surface area contributed by atoms with Crippen molar-refractivity contribution in [1.29, 1.82) is 0 Å². The number of aryl methyl sites for hydroxylation is 1. The predicted octanol–water partition coefficient (Wildman–Crippen LogP) is 5.71. The van der Waals surface area contributed by atoms with E-state index in [0.29, 0.717) is 6.42 Å². The van der Waals surface area contributed by atoms with E-state index in [9.17, 15) is 9.59 Å². The first-order valence-electron chi connectivity index (χ1n) is 12.7. The second-order valence-corrected chi connectivity index (χ2v) is 11.8. The zero-order chi connectivity index (χ0) is 28.7. The molecule has 4 N–H and O–H groups in total. The Morgan fingerprint density at radius 2 is 1.90 bits per heavy atom. The molecule has 4 atom stereocenters. The smallest absolute Gasteiger partial charge is 0.252 e. The molecule has 0 saturated carbocycles. The number of halogens is 4. The molecule has 4 rings (SSSR count). The second kappa shape index (κ2) is 11.0. The van der Waals surface area contributed by atoms with E-state index in [1.54, 1.807) is 19.2 Å². The maximum atomic E-state index is 15.7. The molecule has 6 nitrogen and oxygen atoms in total. The zero-order valence-corrected chi connectivity index (χ0v) is 23.7. The van der Waals surface area contributed by atoms with Crippen LogP contribution in [0.2, 0.25) is 10.0 Å². The van der Waals surface area contributed by atoms with Crippen LogP contribution >= 0.6 is 23.2 Å². The van der Waals surface area contributed by atoms with E-state index in [0.717, 1.165) is 12.5 Å². The maximum Gasteiger partial charge on any atom is 0.252 e. The summed E-state index contributed by atoms with van der Waals surface area (Å²) >= 11 is 12.2. The molecular weight excluding hydrogens is 545 g/mol. The van der Waals surface area contributed by atoms with Crippen LogP contribution < -0.4 is 21.9 Å². The average molecular weight is 578 g/mol. The fourth-order valence-electron chi connectivity index (χ4n) is 5.33. The van der Waals surface area contributed by atoms with Crippen molar-refractivity contribution in [3.63, 3.8) is 0 Å². The fourth-order valence-corrected chi connectivity index (χ4v) is 5.68. The standard InChI is InChI=1S/C29H32Cl2F2N4O2/c1-5-28(2,3)15-22-29(34,19-10-9-16(30)13-21(19)32)24(18-7-6-8-20(31)25(18)33)26(36-22)27(39)35-17-11-12-37(4)23(38)14-17/h6-14,22,24,26,36H,5,15,34H2,1-4H3,(H,35,39). The van der Waals surface area contributed by atoms with Crippen LogP contribution in [-0.2, 0) is 17.4 Å². The first kappa shape index (κ1) is 29.2. The van der Waals surface area contributed by atoms with Crippen molar-refractivity contribution in [2.45, 2.75) is 57.2 Å². The molecule has 0 radical (unpaired) electrons. The number of pyridine rings is 1. The topological polar surface area (TPSA) is 89.2 Å². The van der Waals surface area contributed by atoms with Gasteiger partial charge in [0.1, 0.15) is 11.6 Å². The highest BCUT2D eigenvalue weighted by Gasteiger charge is 2.58. The van der Waals surface area contributed by atoms with Crippen molar-refractivity contribution in [2.75, 3.05) is 5.32 Å². The summed E-state index contributed by atoms with van der Waals surface area (Å²) in [5.74, 6) is -3.02. The minimum atomic E-state index is -1.58. The lowest BCUT2D eigenvalue weighted by molar-refractivity contribution is -0.118. The van der Waals surface area contributed by atoms with Gasteiger partial charge >= 0.3 is 0 Å². The Kier molecular flexibility index (Phi) is 8.24. The van der Waals surface area contributed by atoms with Crippen LogP contribution in [-0.4, -0.2) is 22.6 Å². The Labute approximate surface area is 236 Å². The molecule has 39 heavy (non-hydrogen) atoms. The molecule has 2 heterocycles. The van der Waals surface area contributed by atoms with Gasteiger partial charge in [-0.15, -0.1) is 0 Å². The van der Waals surface area contributed by atoms with Crippen molar-refractivity contribution in [3.8, 4) is 0 Å². The van der Waals surface area contributed by atoms with Crippen molar-refractivity contribution in [3.05, 3.63) is 97.9 Å². The molecule has 1 aromatic heterocycles. The van der Waals surface area contributed by atoms with Gasteiger partial charge in [0.05, 0.1) is 16.6 Å². The SMILES string of the molecule is CCC(C)(C)CC1NC(C(=O)Nc2ccn(C)c(=O)c2)C(c2cccc(Cl)c2F)C1(N)c1ccc(Cl)cc1F. The highest BCUT2D eigenvalue weighted by atomic mass is 35.5. The molecule has 4 unspecified atom stereocenters. The van der Waals surface area contributed by atoms with Gasteiger partial charge in [-0.3, -0.25) is 9.59 Å². The Hall–Kier alpha value is -2.78. The van der Waals surface area contributed by atoms with Crippen LogP contribution in [0.3, 0.4) is 0 Å². The van der Waals surface area contributed by atoms with Gasteiger partial charge in [-0.2, -0.15) is 0 Å². The molecule has 0 bridgehead atoms. The van der Waals surface area contributed by atoms with Crippen LogP contribution in [0.15, 0.2) is 59.5 Å². The average Bonchev–Trinajstić information content (AvgIpc) is 3.15. The van der Waals surface area contributed by atoms with Crippen LogP contribution in [0.4, 0.5) is 14.5 Å². The van der Waals surface area contributed by atoms with Gasteiger partial charge in [-0.1, -0.05) is 68.6 Å². The van der Waals surface area contributed by atoms with Gasteiger partial charge in [-0.25, -0.2) is 8.78 Å². The number of nitrogens with two attached hydrogens (primary N) is 1. The summed E-state index contributed by atoms with van der Waals surface area (Å²) in [4.78, 5) is 26.0. The number of carbonyl (C=O) groups excluding carboxylic acids is 1. The number of rotatable bonds is 7. The van der Waals surface area contributed by atoms with E-state index in [-0.39, 0.29) is 37.8 Å². The highest BCUT2D eigenvalue weighted by Crippen LogP contribution is 2.50. The molecule has 1 fully saturated rings. The molecule has 0 spiro atoms. The molecule has 10 heteroatoms. The van der Waals surface area contributed by atoms with Gasteiger partial charge in [0.15, 0.2) is 0 Å². The predicted molar refractivity (Wildman–Crippen MR) is 151 cm³/mol. The first-order chi connectivity index (χ1) is 18.3. The number of benzene rings is 2. The normalized spacial score (nSPS) is 23.2. The minimum absolute atomic E-state index is 0.0766. The lowest BCUT2D eigenvalue weighted by atomic mass is 9.67. The summed E-state index contributed by atoms with van der Waals surface area (Å²) in [6.07, 6.45) is 2.76. The van der Waals surface area contributed by atoms with E-state index in [1.165, 1.54) is 41.1 Å². The van der Waals surface area contributed by atoms with E-state index in [1.807, 2.05) is 6.92 Å². The number of hydrogen-bond acceptors (Lipinski definition) is 4. The largest absolute Gasteiger partial charge is 0.324 e. The van der Waals surface area contributed by atoms with E-state index >= 15 is 8.78 Å². The lowest BCUT2D eigenvalue weighted by Gasteiger charge is -2.40. The summed E-state index contributed by atoms with van der Waals surface area (Å²) in [6.45, 7) is 6.13. The van der Waals surface area contributed by atoms with Crippen molar-refractivity contribution in [1.82, 2.24) is 9.88 Å². The van der Waals surface area contributed by atoms with Gasteiger partial charge < -0.3 is 20.9 Å². The Morgan fingerprint density at radius 3 is 2.54 bits per heavy atom. The zero-order valence-electron chi connectivity index (χ0n) is 22.2. The highest BCUT2D eigenvalue weighted by molar-refractivity contribution is 6.31. The molecule has 1 aliphatic heterocycles.